The van der Waals surface area contributed by atoms with E-state index in [1.807, 2.05) is 0 Å². The Hall–Kier alpha value is -3.24. The van der Waals surface area contributed by atoms with Crippen LogP contribution in [0.1, 0.15) is 19.3 Å². The minimum Gasteiger partial charge on any atom is -0.385 e. The molecule has 10 nitrogen and oxygen atoms in total. The zero-order valence-electron chi connectivity index (χ0n) is 21.4. The van der Waals surface area contributed by atoms with Gasteiger partial charge in [0.05, 0.1) is 64.2 Å². The standard InChI is InChI=1S/C25H40N6O4/c1-30(2,18-5-16-26-22-8-12-24(13-9-22)28(32)33)20-7-21-31(3,4)19-6-17-27-23-10-14-25(15-11-23)29(34)35/h8-15,26-27H,5-7,16-21H2,1-4H3/q+2. The van der Waals surface area contributed by atoms with E-state index in [4.69, 9.17) is 0 Å². The highest BCUT2D eigenvalue weighted by molar-refractivity contribution is 5.49. The number of benzene rings is 2. The van der Waals surface area contributed by atoms with Gasteiger partial charge in [0.15, 0.2) is 0 Å². The number of hydrogen-bond donors (Lipinski definition) is 2. The first-order valence-electron chi connectivity index (χ1n) is 12.1. The summed E-state index contributed by atoms with van der Waals surface area (Å²) in [6.07, 6.45) is 3.19. The van der Waals surface area contributed by atoms with Crippen molar-refractivity contribution in [3.63, 3.8) is 0 Å². The van der Waals surface area contributed by atoms with Crippen molar-refractivity contribution in [3.8, 4) is 0 Å². The Kier molecular flexibility index (Phi) is 10.4. The largest absolute Gasteiger partial charge is 0.385 e. The number of nitro groups is 2. The number of quaternary nitrogens is 2. The minimum absolute atomic E-state index is 0.107. The van der Waals surface area contributed by atoms with E-state index in [0.29, 0.717) is 0 Å². The molecule has 2 rings (SSSR count). The van der Waals surface area contributed by atoms with Gasteiger partial charge < -0.3 is 19.6 Å². The SMILES string of the molecule is C[N+](C)(CCCNc1ccc([N+](=O)[O-])cc1)CCC[N+](C)(C)CCCNc1ccc([N+](=O)[O-])cc1. The number of hydrogen-bond acceptors (Lipinski definition) is 6. The Morgan fingerprint density at radius 3 is 1.23 bits per heavy atom. The molecular formula is C25H40N6O4+2. The lowest BCUT2D eigenvalue weighted by Gasteiger charge is -2.34. The molecule has 0 heterocycles. The molecule has 35 heavy (non-hydrogen) atoms. The van der Waals surface area contributed by atoms with E-state index in [1.54, 1.807) is 24.3 Å². The van der Waals surface area contributed by atoms with Gasteiger partial charge in [-0.2, -0.15) is 0 Å². The fraction of sp³-hybridized carbons (Fsp3) is 0.520. The second kappa shape index (κ2) is 13.0. The molecule has 2 N–H and O–H groups in total. The first kappa shape index (κ1) is 28.0. The van der Waals surface area contributed by atoms with Crippen LogP contribution in [0.3, 0.4) is 0 Å². The maximum absolute atomic E-state index is 10.7. The van der Waals surface area contributed by atoms with Crippen molar-refractivity contribution < 1.29 is 18.8 Å². The Morgan fingerprint density at radius 2 is 0.914 bits per heavy atom. The fourth-order valence-electron chi connectivity index (χ4n) is 4.03. The van der Waals surface area contributed by atoms with Gasteiger partial charge in [0.2, 0.25) is 0 Å². The zero-order chi connectivity index (χ0) is 25.9. The molecule has 2 aromatic rings. The van der Waals surface area contributed by atoms with Crippen LogP contribution in [-0.2, 0) is 0 Å². The number of nitrogens with zero attached hydrogens (tertiary/aromatic N) is 4. The van der Waals surface area contributed by atoms with E-state index in [0.717, 1.165) is 78.9 Å². The van der Waals surface area contributed by atoms with Crippen molar-refractivity contribution in [3.05, 3.63) is 68.8 Å². The molecule has 192 valence electrons. The third-order valence-electron chi connectivity index (χ3n) is 6.22. The smallest absolute Gasteiger partial charge is 0.269 e. The molecular weight excluding hydrogens is 448 g/mol. The van der Waals surface area contributed by atoms with Crippen LogP contribution in [0, 0.1) is 20.2 Å². The highest BCUT2D eigenvalue weighted by Crippen LogP contribution is 2.16. The third-order valence-corrected chi connectivity index (χ3v) is 6.22. The molecule has 0 aromatic heterocycles. The predicted octanol–water partition coefficient (Wildman–Crippen LogP) is 4.35. The normalized spacial score (nSPS) is 11.8. The Morgan fingerprint density at radius 1 is 0.600 bits per heavy atom. The number of nitrogens with one attached hydrogen (secondary N) is 2. The summed E-state index contributed by atoms with van der Waals surface area (Å²) < 4.78 is 1.92. The predicted molar refractivity (Wildman–Crippen MR) is 141 cm³/mol. The van der Waals surface area contributed by atoms with Crippen LogP contribution in [-0.4, -0.2) is 86.3 Å². The first-order valence-corrected chi connectivity index (χ1v) is 12.1. The van der Waals surface area contributed by atoms with Crippen molar-refractivity contribution in [2.24, 2.45) is 0 Å². The summed E-state index contributed by atoms with van der Waals surface area (Å²) in [4.78, 5) is 20.7. The highest BCUT2D eigenvalue weighted by atomic mass is 16.6. The van der Waals surface area contributed by atoms with Gasteiger partial charge in [-0.1, -0.05) is 0 Å². The van der Waals surface area contributed by atoms with Crippen LogP contribution >= 0.6 is 0 Å². The first-order chi connectivity index (χ1) is 16.5. The monoisotopic (exact) mass is 488 g/mol. The lowest BCUT2D eigenvalue weighted by molar-refractivity contribution is -0.909. The molecule has 0 amide bonds. The lowest BCUT2D eigenvalue weighted by Crippen LogP contribution is -2.46. The molecule has 0 spiro atoms. The van der Waals surface area contributed by atoms with Gasteiger partial charge in [0.1, 0.15) is 0 Å². The molecule has 0 saturated heterocycles. The summed E-state index contributed by atoms with van der Waals surface area (Å²) in [6, 6.07) is 13.1. The number of non-ortho nitro benzene ring substituents is 2. The Balaban J connectivity index is 1.59. The Labute approximate surface area is 208 Å². The average Bonchev–Trinajstić information content (AvgIpc) is 2.80. The van der Waals surface area contributed by atoms with Crippen LogP contribution in [0.5, 0.6) is 0 Å². The molecule has 0 saturated carbocycles. The van der Waals surface area contributed by atoms with E-state index >= 15 is 0 Å². The molecule has 0 aliphatic rings. The minimum atomic E-state index is -0.386. The summed E-state index contributed by atoms with van der Waals surface area (Å²) in [6.45, 7) is 6.02. The van der Waals surface area contributed by atoms with Crippen LogP contribution in [0.15, 0.2) is 48.5 Å². The number of nitro benzene ring substituents is 2. The van der Waals surface area contributed by atoms with Gasteiger partial charge in [0.25, 0.3) is 11.4 Å². The maximum Gasteiger partial charge on any atom is 0.269 e. The summed E-state index contributed by atoms with van der Waals surface area (Å²) in [7, 11) is 9.06. The molecule has 0 radical (unpaired) electrons. The zero-order valence-corrected chi connectivity index (χ0v) is 21.4. The molecule has 0 fully saturated rings. The van der Waals surface area contributed by atoms with E-state index < -0.39 is 0 Å². The van der Waals surface area contributed by atoms with Gasteiger partial charge in [-0.25, -0.2) is 0 Å². The molecule has 10 heteroatoms. The summed E-state index contributed by atoms with van der Waals surface area (Å²) in [5.41, 5.74) is 2.02. The second-order valence-electron chi connectivity index (χ2n) is 10.3. The van der Waals surface area contributed by atoms with Crippen LogP contribution in [0.2, 0.25) is 0 Å². The van der Waals surface area contributed by atoms with Crippen molar-refractivity contribution in [1.82, 2.24) is 0 Å². The fourth-order valence-corrected chi connectivity index (χ4v) is 4.03. The Bertz CT molecular complexity index is 868. The quantitative estimate of drug-likeness (QED) is 0.157. The van der Waals surface area contributed by atoms with Crippen LogP contribution in [0.25, 0.3) is 0 Å². The van der Waals surface area contributed by atoms with Gasteiger partial charge in [-0.3, -0.25) is 20.2 Å². The molecule has 2 aromatic carbocycles. The van der Waals surface area contributed by atoms with Gasteiger partial charge in [-0.15, -0.1) is 0 Å². The molecule has 0 bridgehead atoms. The maximum atomic E-state index is 10.7. The summed E-state index contributed by atoms with van der Waals surface area (Å²) >= 11 is 0. The van der Waals surface area contributed by atoms with E-state index in [9.17, 15) is 20.2 Å². The average molecular weight is 489 g/mol. The summed E-state index contributed by atoms with van der Waals surface area (Å²) in [5.74, 6) is 0. The molecule has 0 atom stereocenters. The van der Waals surface area contributed by atoms with Gasteiger partial charge >= 0.3 is 0 Å². The van der Waals surface area contributed by atoms with Crippen molar-refractivity contribution in [1.29, 1.82) is 0 Å². The molecule has 0 aliphatic heterocycles. The van der Waals surface area contributed by atoms with Gasteiger partial charge in [0, 0.05) is 68.0 Å². The van der Waals surface area contributed by atoms with E-state index in [2.05, 4.69) is 38.8 Å². The van der Waals surface area contributed by atoms with Gasteiger partial charge in [-0.05, 0) is 24.3 Å². The number of rotatable bonds is 16. The molecule has 0 unspecified atom stereocenters. The van der Waals surface area contributed by atoms with Crippen molar-refractivity contribution >= 4 is 22.7 Å². The topological polar surface area (TPSA) is 110 Å². The van der Waals surface area contributed by atoms with Crippen LogP contribution in [0.4, 0.5) is 22.7 Å². The lowest BCUT2D eigenvalue weighted by atomic mass is 10.2. The van der Waals surface area contributed by atoms with Crippen LogP contribution < -0.4 is 10.6 Å². The third kappa shape index (κ3) is 10.7. The summed E-state index contributed by atoms with van der Waals surface area (Å²) in [5, 5.41) is 28.2. The van der Waals surface area contributed by atoms with Crippen molar-refractivity contribution in [2.75, 3.05) is 78.1 Å². The highest BCUT2D eigenvalue weighted by Gasteiger charge is 2.19. The second-order valence-corrected chi connectivity index (χ2v) is 10.3. The number of anilines is 2. The van der Waals surface area contributed by atoms with Crippen molar-refractivity contribution in [2.45, 2.75) is 19.3 Å². The van der Waals surface area contributed by atoms with E-state index in [-0.39, 0.29) is 21.2 Å². The molecule has 0 aliphatic carbocycles. The van der Waals surface area contributed by atoms with E-state index in [1.165, 1.54) is 24.3 Å².